The highest BCUT2D eigenvalue weighted by molar-refractivity contribution is 6.21. The molecule has 3 rings (SSSR count). The molecule has 0 atom stereocenters. The molecule has 0 radical (unpaired) electrons. The number of carbonyl (C=O) groups is 2. The van der Waals surface area contributed by atoms with Gasteiger partial charge in [0.15, 0.2) is 0 Å². The van der Waals surface area contributed by atoms with E-state index in [-0.39, 0.29) is 13.2 Å². The Morgan fingerprint density at radius 3 is 2.35 bits per heavy atom. The Kier molecular flexibility index (Phi) is 2.30. The first-order valence-corrected chi connectivity index (χ1v) is 5.61. The molecule has 2 amide bonds. The van der Waals surface area contributed by atoms with Crippen LogP contribution in [-0.4, -0.2) is 36.3 Å². The highest BCUT2D eigenvalue weighted by Crippen LogP contribution is 2.23. The quantitative estimate of drug-likeness (QED) is 0.610. The second-order valence-corrected chi connectivity index (χ2v) is 4.24. The number of carbonyl (C=O) groups excluding carboxylic acids is 2. The predicted octanol–water partition coefficient (Wildman–Crippen LogP) is 1.06. The summed E-state index contributed by atoms with van der Waals surface area (Å²) in [6, 6.07) is 6.97. The molecule has 17 heavy (non-hydrogen) atoms. The average Bonchev–Trinajstić information content (AvgIpc) is 2.94. The van der Waals surface area contributed by atoms with Crippen molar-refractivity contribution in [2.75, 3.05) is 19.6 Å². The van der Waals surface area contributed by atoms with E-state index in [1.54, 1.807) is 24.3 Å². The van der Waals surface area contributed by atoms with Gasteiger partial charge in [0.1, 0.15) is 0 Å². The van der Waals surface area contributed by atoms with E-state index in [1.807, 2.05) is 6.08 Å². The molecule has 4 heteroatoms. The van der Waals surface area contributed by atoms with Crippen LogP contribution in [0, 0.1) is 0 Å². The Morgan fingerprint density at radius 2 is 1.82 bits per heavy atom. The molecule has 0 saturated heterocycles. The third-order valence-corrected chi connectivity index (χ3v) is 3.13. The van der Waals surface area contributed by atoms with Gasteiger partial charge < -0.3 is 5.32 Å². The molecule has 4 nitrogen and oxygen atoms in total. The molecule has 1 aromatic rings. The summed E-state index contributed by atoms with van der Waals surface area (Å²) < 4.78 is 0. The normalized spacial score (nSPS) is 18.6. The number of nitrogens with zero attached hydrogens (tertiary/aromatic N) is 1. The molecule has 2 heterocycles. The lowest BCUT2D eigenvalue weighted by Gasteiger charge is -2.14. The van der Waals surface area contributed by atoms with Gasteiger partial charge in [-0.25, -0.2) is 0 Å². The molecule has 1 N–H and O–H groups in total. The van der Waals surface area contributed by atoms with Crippen molar-refractivity contribution >= 4 is 11.8 Å². The van der Waals surface area contributed by atoms with Crippen LogP contribution in [0.4, 0.5) is 0 Å². The fourth-order valence-corrected chi connectivity index (χ4v) is 2.23. The van der Waals surface area contributed by atoms with Crippen molar-refractivity contribution in [2.45, 2.75) is 0 Å². The zero-order valence-corrected chi connectivity index (χ0v) is 9.27. The Morgan fingerprint density at radius 1 is 1.18 bits per heavy atom. The van der Waals surface area contributed by atoms with Crippen molar-refractivity contribution in [1.82, 2.24) is 10.2 Å². The Bertz CT molecular complexity index is 505. The average molecular weight is 230 g/mol. The number of benzene rings is 1. The summed E-state index contributed by atoms with van der Waals surface area (Å²) >= 11 is 0. The standard InChI is InChI=1S/C13H12N2O2.H2/c16-12-10-3-1-2-4-11(10)13(17)15(12)8-9-5-6-14-7-9;/h1-5,14H,6-8H2;1H. The summed E-state index contributed by atoms with van der Waals surface area (Å²) in [7, 11) is 0. The monoisotopic (exact) mass is 230 g/mol. The van der Waals surface area contributed by atoms with Crippen LogP contribution in [0.25, 0.3) is 0 Å². The summed E-state index contributed by atoms with van der Waals surface area (Å²) in [5, 5.41) is 3.16. The summed E-state index contributed by atoms with van der Waals surface area (Å²) in [5.74, 6) is -0.364. The van der Waals surface area contributed by atoms with Crippen LogP contribution in [0.5, 0.6) is 0 Å². The number of amides is 2. The smallest absolute Gasteiger partial charge is 0.261 e. The minimum atomic E-state index is -0.182. The lowest BCUT2D eigenvalue weighted by molar-refractivity contribution is 0.0668. The van der Waals surface area contributed by atoms with Crippen molar-refractivity contribution in [2.24, 2.45) is 0 Å². The molecule has 2 aliphatic heterocycles. The van der Waals surface area contributed by atoms with Crippen LogP contribution < -0.4 is 5.32 Å². The highest BCUT2D eigenvalue weighted by atomic mass is 16.2. The molecule has 0 aliphatic carbocycles. The number of imide groups is 1. The van der Waals surface area contributed by atoms with Crippen LogP contribution in [0.3, 0.4) is 0 Å². The van der Waals surface area contributed by atoms with Crippen molar-refractivity contribution in [3.8, 4) is 0 Å². The topological polar surface area (TPSA) is 49.4 Å². The molecule has 88 valence electrons. The van der Waals surface area contributed by atoms with Gasteiger partial charge in [-0.15, -0.1) is 0 Å². The third kappa shape index (κ3) is 1.57. The minimum Gasteiger partial charge on any atom is -0.309 e. The number of fused-ring (bicyclic) bond motifs is 1. The van der Waals surface area contributed by atoms with Gasteiger partial charge in [-0.3, -0.25) is 14.5 Å². The van der Waals surface area contributed by atoms with E-state index < -0.39 is 0 Å². The SMILES string of the molecule is O=C1c2ccccc2C(=O)N1CC1=CCNC1.[HH]. The van der Waals surface area contributed by atoms with Gasteiger partial charge in [0, 0.05) is 14.5 Å². The molecular weight excluding hydrogens is 216 g/mol. The Labute approximate surface area is 100 Å². The first-order valence-electron chi connectivity index (χ1n) is 5.61. The van der Waals surface area contributed by atoms with E-state index in [1.165, 1.54) is 4.90 Å². The van der Waals surface area contributed by atoms with Crippen molar-refractivity contribution in [1.29, 1.82) is 0 Å². The van der Waals surface area contributed by atoms with Crippen LogP contribution in [0.1, 0.15) is 22.1 Å². The van der Waals surface area contributed by atoms with Crippen LogP contribution in [-0.2, 0) is 0 Å². The number of hydrogen-bond acceptors (Lipinski definition) is 3. The van der Waals surface area contributed by atoms with Crippen LogP contribution in [0.2, 0.25) is 0 Å². The van der Waals surface area contributed by atoms with E-state index in [0.717, 1.165) is 18.7 Å². The minimum absolute atomic E-state index is 0. The lowest BCUT2D eigenvalue weighted by Crippen LogP contribution is -2.32. The van der Waals surface area contributed by atoms with E-state index >= 15 is 0 Å². The summed E-state index contributed by atoms with van der Waals surface area (Å²) in [6.45, 7) is 1.98. The molecule has 0 spiro atoms. The van der Waals surface area contributed by atoms with E-state index in [0.29, 0.717) is 17.7 Å². The maximum atomic E-state index is 12.1. The number of hydrogen-bond donors (Lipinski definition) is 1. The van der Waals surface area contributed by atoms with Crippen LogP contribution >= 0.6 is 0 Å². The van der Waals surface area contributed by atoms with E-state index in [9.17, 15) is 9.59 Å². The third-order valence-electron chi connectivity index (χ3n) is 3.13. The molecule has 0 aromatic heterocycles. The molecule has 0 unspecified atom stereocenters. The first-order chi connectivity index (χ1) is 8.27. The fraction of sp³-hybridized carbons (Fsp3) is 0.231. The maximum Gasteiger partial charge on any atom is 0.261 e. The zero-order valence-electron chi connectivity index (χ0n) is 9.27. The highest BCUT2D eigenvalue weighted by Gasteiger charge is 2.35. The Balaban J connectivity index is 0.00000120. The second kappa shape index (κ2) is 3.82. The van der Waals surface area contributed by atoms with Gasteiger partial charge in [-0.1, -0.05) is 18.2 Å². The molecule has 1 aromatic carbocycles. The van der Waals surface area contributed by atoms with Crippen LogP contribution in [0.15, 0.2) is 35.9 Å². The number of nitrogens with one attached hydrogen (secondary N) is 1. The molecule has 0 bridgehead atoms. The summed E-state index contributed by atoms with van der Waals surface area (Å²) in [6.07, 6.45) is 2.03. The fourth-order valence-electron chi connectivity index (χ4n) is 2.23. The van der Waals surface area contributed by atoms with Gasteiger partial charge in [-0.2, -0.15) is 0 Å². The molecule has 2 aliphatic rings. The Hall–Kier alpha value is -1.94. The van der Waals surface area contributed by atoms with Gasteiger partial charge >= 0.3 is 0 Å². The zero-order chi connectivity index (χ0) is 11.8. The molecule has 0 saturated carbocycles. The van der Waals surface area contributed by atoms with E-state index in [2.05, 4.69) is 5.32 Å². The second-order valence-electron chi connectivity index (χ2n) is 4.24. The van der Waals surface area contributed by atoms with Gasteiger partial charge in [-0.05, 0) is 17.7 Å². The molecular formula is C13H14N2O2. The van der Waals surface area contributed by atoms with Crippen molar-refractivity contribution < 1.29 is 11.0 Å². The number of rotatable bonds is 2. The predicted molar refractivity (Wildman–Crippen MR) is 64.9 cm³/mol. The van der Waals surface area contributed by atoms with Gasteiger partial charge in [0.25, 0.3) is 11.8 Å². The van der Waals surface area contributed by atoms with Gasteiger partial charge in [0.05, 0.1) is 17.7 Å². The summed E-state index contributed by atoms with van der Waals surface area (Å²) in [5.41, 5.74) is 2.13. The first kappa shape index (κ1) is 10.2. The largest absolute Gasteiger partial charge is 0.309 e. The summed E-state index contributed by atoms with van der Waals surface area (Å²) in [4.78, 5) is 25.4. The maximum absolute atomic E-state index is 12.1. The van der Waals surface area contributed by atoms with Crippen molar-refractivity contribution in [3.63, 3.8) is 0 Å². The van der Waals surface area contributed by atoms with Crippen molar-refractivity contribution in [3.05, 3.63) is 47.0 Å². The lowest BCUT2D eigenvalue weighted by atomic mass is 10.1. The molecule has 0 fully saturated rings. The van der Waals surface area contributed by atoms with Gasteiger partial charge in [0.2, 0.25) is 0 Å². The van der Waals surface area contributed by atoms with E-state index in [4.69, 9.17) is 0 Å².